The van der Waals surface area contributed by atoms with Crippen molar-refractivity contribution in [3.63, 3.8) is 0 Å². The topological polar surface area (TPSA) is 399 Å². The molecule has 0 aliphatic carbocycles. The average molecular weight is 1620 g/mol. The Morgan fingerprint density at radius 1 is 0.545 bits per heavy atom. The number of carbonyl (C=O) groups excluding carboxylic acids is 3. The summed E-state index contributed by atoms with van der Waals surface area (Å²) in [5, 5.41) is 38.1. The Hall–Kier alpha value is -7.18. The number of carboxylic acid groups (broad SMARTS) is 1. The minimum absolute atomic E-state index is 0.0189. The molecular formula is C74H104N6O26P2S2. The molecule has 4 aliphatic heterocycles. The van der Waals surface area contributed by atoms with E-state index in [1.807, 2.05) is 32.6 Å². The van der Waals surface area contributed by atoms with E-state index >= 15 is 0 Å². The number of nitrogens with zero attached hydrogens (tertiary/aromatic N) is 4. The highest BCUT2D eigenvalue weighted by molar-refractivity contribution is 7.89. The number of aliphatic carboxylic acids is 1. The van der Waals surface area contributed by atoms with Gasteiger partial charge in [-0.25, -0.2) is 40.6 Å². The highest BCUT2D eigenvalue weighted by Gasteiger charge is 2.46. The van der Waals surface area contributed by atoms with Crippen LogP contribution in [0.25, 0.3) is 0 Å². The van der Waals surface area contributed by atoms with Gasteiger partial charge >= 0.3 is 39.3 Å². The molecule has 0 bridgehead atoms. The number of aliphatic hydroxyl groups is 2. The first kappa shape index (κ1) is 88.4. The summed E-state index contributed by atoms with van der Waals surface area (Å²) in [6, 6.07) is 30.9. The summed E-state index contributed by atoms with van der Waals surface area (Å²) in [4.78, 5) is 64.1. The molecule has 6 N–H and O–H groups in total. The number of esters is 1. The van der Waals surface area contributed by atoms with Crippen LogP contribution in [-0.4, -0.2) is 241 Å². The number of carboxylic acids is 1. The maximum absolute atomic E-state index is 14.3. The van der Waals surface area contributed by atoms with Gasteiger partial charge in [0.05, 0.1) is 104 Å². The van der Waals surface area contributed by atoms with Crippen LogP contribution in [0.15, 0.2) is 137 Å². The van der Waals surface area contributed by atoms with E-state index in [2.05, 4.69) is 10.6 Å². The van der Waals surface area contributed by atoms with Crippen molar-refractivity contribution in [3.8, 4) is 17.2 Å². The molecule has 0 radical (unpaired) electrons. The number of likely N-dealkylation sites (N-methyl/N-ethyl adjacent to an activating group) is 2. The Bertz CT molecular complexity index is 4120. The molecule has 9 rings (SSSR count). The molecule has 4 fully saturated rings. The summed E-state index contributed by atoms with van der Waals surface area (Å²) >= 11 is 0. The zero-order valence-corrected chi connectivity index (χ0v) is 67.0. The van der Waals surface area contributed by atoms with Crippen LogP contribution in [0.4, 0.5) is 9.59 Å². The van der Waals surface area contributed by atoms with Gasteiger partial charge in [-0.15, -0.1) is 0 Å². The Morgan fingerprint density at radius 3 is 1.35 bits per heavy atom. The molecule has 32 nitrogen and oxygen atoms in total. The number of amides is 2. The maximum Gasteiger partial charge on any atom is 0.411 e. The van der Waals surface area contributed by atoms with Gasteiger partial charge < -0.3 is 78.0 Å². The summed E-state index contributed by atoms with van der Waals surface area (Å²) in [7, 11) is -10.2. The number of hydrogen-bond donors (Lipinski definition) is 6. The molecule has 14 atom stereocenters. The van der Waals surface area contributed by atoms with Crippen molar-refractivity contribution < 1.29 is 122 Å². The molecular weight excluding hydrogens is 1510 g/mol. The second kappa shape index (κ2) is 40.5. The molecule has 0 aromatic heterocycles. The van der Waals surface area contributed by atoms with Gasteiger partial charge in [0.25, 0.3) is 0 Å². The number of methoxy groups -OCH3 is 2. The van der Waals surface area contributed by atoms with Crippen molar-refractivity contribution in [2.75, 3.05) is 101 Å². The van der Waals surface area contributed by atoms with E-state index in [9.17, 15) is 60.3 Å². The maximum atomic E-state index is 14.3. The summed E-state index contributed by atoms with van der Waals surface area (Å²) in [6.45, 7) is 13.3. The molecule has 0 spiro atoms. The van der Waals surface area contributed by atoms with Crippen molar-refractivity contribution in [2.24, 2.45) is 23.7 Å². The van der Waals surface area contributed by atoms with Gasteiger partial charge in [0.2, 0.25) is 20.0 Å². The lowest BCUT2D eigenvalue weighted by Crippen LogP contribution is -2.54. The smallest absolute Gasteiger partial charge is 0.411 e. The molecule has 2 unspecified atom stereocenters. The zero-order chi connectivity index (χ0) is 80.3. The van der Waals surface area contributed by atoms with Crippen LogP contribution < -0.4 is 35.2 Å². The third-order valence-corrected chi connectivity index (χ3v) is 25.5. The summed E-state index contributed by atoms with van der Waals surface area (Å²) in [6.07, 6.45) is -7.67. The highest BCUT2D eigenvalue weighted by Crippen LogP contribution is 2.49. The standard InChI is InChI=1S/C41H56N3O13PS.C33H48N3O13PS/c1-7-52-39(46)29(4)56-58(48,57-32-11-9-8-10-12-32)33-17-13-30(14-18-33)24-43(5)25-36(42-41(47)55-38-27-54-40-35(38)21-22-53-40)37(45)26-44(23-28(2)3)59(49,50)34-19-15-31(51-6)16-20-34;1-21(2)16-36(51(43,44)26-12-8-24(45-5)9-13-26)19-29(37)28(34-33(40)48-30-20-47-32-27(30)14-15-46-32)18-35(4)17-23-6-10-25(11-7-23)50(41,42)49-22(3)31(38)39/h8-20,28-29,35-38,40,45H,7,21-27H2,1-6H3,(H,42,47);6-13,21-22,27-30,32,37H,14-20H2,1-5H3,(H,34,40)(H,38,39)(H,41,42)/t29-,35-,36-,37+,38-,40+,58?;22-,27-,28-,29+,30-,32+/m00/s1. The lowest BCUT2D eigenvalue weighted by atomic mass is 10.0. The lowest BCUT2D eigenvalue weighted by Gasteiger charge is -2.32. The van der Waals surface area contributed by atoms with Gasteiger partial charge in [-0.05, 0) is 156 Å². The number of para-hydroxylation sites is 1. The van der Waals surface area contributed by atoms with Gasteiger partial charge in [-0.2, -0.15) is 8.61 Å². The van der Waals surface area contributed by atoms with Crippen molar-refractivity contribution in [1.29, 1.82) is 0 Å². The normalized spacial score (nSPS) is 21.1. The van der Waals surface area contributed by atoms with Crippen LogP contribution >= 0.6 is 15.2 Å². The van der Waals surface area contributed by atoms with Gasteiger partial charge in [-0.1, -0.05) is 70.2 Å². The van der Waals surface area contributed by atoms with E-state index in [1.165, 1.54) is 78.3 Å². The predicted octanol–water partition coefficient (Wildman–Crippen LogP) is 6.55. The third-order valence-electron chi connectivity index (χ3n) is 18.3. The average Bonchev–Trinajstić information content (AvgIpc) is 0.890. The number of fused-ring (bicyclic) bond motifs is 2. The first-order chi connectivity index (χ1) is 52.1. The Labute approximate surface area is 642 Å². The molecule has 0 saturated carbocycles. The number of nitrogens with one attached hydrogen (secondary N) is 2. The first-order valence-corrected chi connectivity index (χ1v) is 42.2. The monoisotopic (exact) mass is 1620 g/mol. The van der Waals surface area contributed by atoms with Gasteiger partial charge in [0, 0.05) is 52.4 Å². The van der Waals surface area contributed by atoms with Crippen molar-refractivity contribution in [1.82, 2.24) is 29.0 Å². The molecule has 4 heterocycles. The van der Waals surface area contributed by atoms with Crippen LogP contribution in [0.1, 0.15) is 72.4 Å². The Morgan fingerprint density at radius 2 is 0.964 bits per heavy atom. The molecule has 110 heavy (non-hydrogen) atoms. The number of carbonyl (C=O) groups is 4. The van der Waals surface area contributed by atoms with E-state index in [4.69, 9.17) is 61.3 Å². The number of hydrogen-bond acceptors (Lipinski definition) is 26. The van der Waals surface area contributed by atoms with E-state index < -0.39 is 121 Å². The Kier molecular flexibility index (Phi) is 32.6. The summed E-state index contributed by atoms with van der Waals surface area (Å²) < 4.78 is 150. The van der Waals surface area contributed by atoms with Crippen molar-refractivity contribution in [3.05, 3.63) is 139 Å². The molecule has 2 amide bonds. The lowest BCUT2D eigenvalue weighted by molar-refractivity contribution is -0.150. The number of ether oxygens (including phenoxy) is 9. The number of benzene rings is 5. The van der Waals surface area contributed by atoms with Crippen LogP contribution in [0, 0.1) is 23.7 Å². The third kappa shape index (κ3) is 24.9. The van der Waals surface area contributed by atoms with E-state index in [1.54, 1.807) is 105 Å². The van der Waals surface area contributed by atoms with Gasteiger partial charge in [0.15, 0.2) is 24.8 Å². The molecule has 4 saturated heterocycles. The van der Waals surface area contributed by atoms with Crippen LogP contribution in [0.5, 0.6) is 17.2 Å². The fourth-order valence-corrected chi connectivity index (χ4v) is 18.8. The van der Waals surface area contributed by atoms with Crippen LogP contribution in [-0.2, 0) is 94.1 Å². The zero-order valence-electron chi connectivity index (χ0n) is 63.6. The summed E-state index contributed by atoms with van der Waals surface area (Å²) in [5.41, 5.74) is 1.44. The second-order valence-electron chi connectivity index (χ2n) is 28.1. The molecule has 4 aliphatic rings. The minimum Gasteiger partial charge on any atom is -0.497 e. The predicted molar refractivity (Wildman–Crippen MR) is 402 cm³/mol. The van der Waals surface area contributed by atoms with Crippen LogP contribution in [0.2, 0.25) is 0 Å². The highest BCUT2D eigenvalue weighted by atomic mass is 32.2. The SMILES string of the molecule is CCOC(=O)[C@H](C)OP(=O)(Oc1ccccc1)c1ccc(CN(C)C[C@H](NC(=O)O[C@H]2CO[C@H]3OCC[C@H]32)[C@H](O)CN(CC(C)C)S(=O)(=O)c2ccc(OC)cc2)cc1.COc1ccc(S(=O)(=O)N(CC(C)C)C[C@@H](O)[C@H](CN(C)Cc2ccc(P(=O)(O)O[C@@H](C)C(=O)O)cc2)NC(=O)O[C@H]2CO[C@H]3OCC[C@H]32)cc1. The largest absolute Gasteiger partial charge is 0.497 e. The Balaban J connectivity index is 0.000000280. The second-order valence-corrected chi connectivity index (χ2v) is 35.6. The summed E-state index contributed by atoms with van der Waals surface area (Å²) in [5.74, 6) is -1.21. The molecule has 608 valence electrons. The van der Waals surface area contributed by atoms with Crippen LogP contribution in [0.3, 0.4) is 0 Å². The van der Waals surface area contributed by atoms with Crippen molar-refractivity contribution >= 4 is 70.0 Å². The number of alkyl carbamates (subject to hydrolysis) is 2. The van der Waals surface area contributed by atoms with Crippen molar-refractivity contribution in [2.45, 2.75) is 145 Å². The van der Waals surface area contributed by atoms with Gasteiger partial charge in [0.1, 0.15) is 29.5 Å². The first-order valence-electron chi connectivity index (χ1n) is 36.2. The van der Waals surface area contributed by atoms with Gasteiger partial charge in [-0.3, -0.25) is 23.4 Å². The van der Waals surface area contributed by atoms with E-state index in [0.717, 1.165) is 12.5 Å². The quantitative estimate of drug-likeness (QED) is 0.0138. The molecule has 5 aromatic rings. The minimum atomic E-state index is -4.41. The number of aliphatic hydroxyl groups excluding tert-OH is 2. The molecule has 36 heteroatoms. The fourth-order valence-electron chi connectivity index (χ4n) is 12.7. The molecule has 5 aromatic carbocycles. The fraction of sp³-hybridized carbons (Fsp3) is 0.541. The van der Waals surface area contributed by atoms with E-state index in [0.29, 0.717) is 49.7 Å². The number of rotatable bonds is 39. The van der Waals surface area contributed by atoms with E-state index in [-0.39, 0.29) is 115 Å². The number of sulfonamides is 2.